The second kappa shape index (κ2) is 9.20. The molecule has 0 aliphatic heterocycles. The third-order valence-electron chi connectivity index (χ3n) is 4.62. The minimum atomic E-state index is -4.55. The van der Waals surface area contributed by atoms with Crippen LogP contribution >= 0.6 is 35.0 Å². The number of fused-ring (bicyclic) bond motifs is 3. The van der Waals surface area contributed by atoms with Crippen LogP contribution in [0, 0.1) is 0 Å². The maximum Gasteiger partial charge on any atom is 0.416 e. The molecule has 0 bridgehead atoms. The van der Waals surface area contributed by atoms with E-state index in [2.05, 4.69) is 27.1 Å². The van der Waals surface area contributed by atoms with Gasteiger partial charge in [0.05, 0.1) is 27.5 Å². The van der Waals surface area contributed by atoms with E-state index in [1.54, 1.807) is 18.2 Å². The second-order valence-electron chi connectivity index (χ2n) is 6.86. The van der Waals surface area contributed by atoms with Crippen LogP contribution in [-0.4, -0.2) is 31.4 Å². The van der Waals surface area contributed by atoms with Crippen LogP contribution in [0.4, 0.5) is 18.9 Å². The van der Waals surface area contributed by atoms with Crippen LogP contribution < -0.4 is 5.32 Å². The molecule has 2 aromatic carbocycles. The van der Waals surface area contributed by atoms with Gasteiger partial charge in [-0.05, 0) is 36.4 Å². The molecule has 2 aromatic heterocycles. The number of aromatic nitrogens is 4. The first-order valence-electron chi connectivity index (χ1n) is 9.40. The summed E-state index contributed by atoms with van der Waals surface area (Å²) in [6, 6.07) is 8.09. The zero-order chi connectivity index (χ0) is 23.8. The molecule has 4 aromatic rings. The molecule has 170 valence electrons. The Labute approximate surface area is 199 Å². The van der Waals surface area contributed by atoms with Gasteiger partial charge in [-0.3, -0.25) is 4.79 Å². The van der Waals surface area contributed by atoms with Crippen molar-refractivity contribution < 1.29 is 18.0 Å². The summed E-state index contributed by atoms with van der Waals surface area (Å²) < 4.78 is 40.7. The summed E-state index contributed by atoms with van der Waals surface area (Å²) in [4.78, 5) is 16.8. The lowest BCUT2D eigenvalue weighted by Gasteiger charge is -2.11. The number of anilines is 1. The number of nitrogens with zero attached hydrogens (tertiary/aromatic N) is 4. The zero-order valence-corrected chi connectivity index (χ0v) is 19.0. The summed E-state index contributed by atoms with van der Waals surface area (Å²) in [6.07, 6.45) is -2.84. The average molecular weight is 512 g/mol. The van der Waals surface area contributed by atoms with Crippen LogP contribution in [0.25, 0.3) is 22.1 Å². The van der Waals surface area contributed by atoms with Crippen molar-refractivity contribution >= 4 is 68.6 Å². The Hall–Kier alpha value is -2.82. The lowest BCUT2D eigenvalue weighted by Crippen LogP contribution is -2.16. The minimum absolute atomic E-state index is 0.00621. The largest absolute Gasteiger partial charge is 0.416 e. The van der Waals surface area contributed by atoms with Crippen molar-refractivity contribution in [3.63, 3.8) is 0 Å². The maximum absolute atomic E-state index is 12.9. The van der Waals surface area contributed by atoms with Crippen LogP contribution in [0.5, 0.6) is 0 Å². The number of thioether (sulfide) groups is 1. The summed E-state index contributed by atoms with van der Waals surface area (Å²) >= 11 is 13.0. The molecular weight excluding hydrogens is 498 g/mol. The number of hydrogen-bond donors (Lipinski definition) is 1. The highest BCUT2D eigenvalue weighted by Crippen LogP contribution is 2.34. The third-order valence-corrected chi connectivity index (χ3v) is 6.02. The van der Waals surface area contributed by atoms with Crippen molar-refractivity contribution in [2.45, 2.75) is 17.9 Å². The molecule has 12 heteroatoms. The lowest BCUT2D eigenvalue weighted by molar-refractivity contribution is -0.137. The molecule has 0 saturated carbocycles. The first-order valence-corrected chi connectivity index (χ1v) is 11.1. The van der Waals surface area contributed by atoms with E-state index in [0.717, 1.165) is 40.9 Å². The van der Waals surface area contributed by atoms with E-state index in [9.17, 15) is 18.0 Å². The van der Waals surface area contributed by atoms with Gasteiger partial charge in [0, 0.05) is 17.0 Å². The smallest absolute Gasteiger partial charge is 0.324 e. The van der Waals surface area contributed by atoms with Gasteiger partial charge < -0.3 is 9.88 Å². The van der Waals surface area contributed by atoms with Gasteiger partial charge in [-0.15, -0.1) is 16.8 Å². The zero-order valence-electron chi connectivity index (χ0n) is 16.7. The van der Waals surface area contributed by atoms with Crippen molar-refractivity contribution in [1.29, 1.82) is 0 Å². The Morgan fingerprint density at radius 2 is 1.97 bits per heavy atom. The van der Waals surface area contributed by atoms with Crippen LogP contribution in [0.1, 0.15) is 5.56 Å². The number of hydrogen-bond acceptors (Lipinski definition) is 5. The van der Waals surface area contributed by atoms with Gasteiger partial charge in [0.25, 0.3) is 0 Å². The molecule has 6 nitrogen and oxygen atoms in total. The van der Waals surface area contributed by atoms with Gasteiger partial charge in [-0.25, -0.2) is 4.98 Å². The van der Waals surface area contributed by atoms with Gasteiger partial charge in [-0.2, -0.15) is 13.2 Å². The number of halogens is 5. The van der Waals surface area contributed by atoms with Gasteiger partial charge in [0.1, 0.15) is 5.52 Å². The highest BCUT2D eigenvalue weighted by molar-refractivity contribution is 7.99. The summed E-state index contributed by atoms with van der Waals surface area (Å²) in [5.41, 5.74) is 0.914. The molecule has 4 rings (SSSR count). The van der Waals surface area contributed by atoms with Crippen LogP contribution in [0.2, 0.25) is 10.0 Å². The third kappa shape index (κ3) is 4.92. The Kier molecular flexibility index (Phi) is 6.51. The number of rotatable bonds is 6. The highest BCUT2D eigenvalue weighted by atomic mass is 35.5. The molecule has 0 aliphatic carbocycles. The first kappa shape index (κ1) is 23.3. The number of carbonyl (C=O) groups is 1. The fourth-order valence-electron chi connectivity index (χ4n) is 3.20. The number of carbonyl (C=O) groups excluding carboxylic acids is 1. The van der Waals surface area contributed by atoms with Crippen molar-refractivity contribution in [3.8, 4) is 0 Å². The van der Waals surface area contributed by atoms with E-state index in [4.69, 9.17) is 23.2 Å². The molecular formula is C21H14Cl2F3N5OS. The Bertz CT molecular complexity index is 1390. The molecule has 0 aliphatic rings. The fourth-order valence-corrected chi connectivity index (χ4v) is 4.12. The quantitative estimate of drug-likeness (QED) is 0.245. The van der Waals surface area contributed by atoms with E-state index in [1.807, 2.05) is 10.6 Å². The number of amides is 1. The molecule has 0 fully saturated rings. The van der Waals surface area contributed by atoms with Crippen LogP contribution in [-0.2, 0) is 17.5 Å². The number of allylic oxidation sites excluding steroid dienone is 1. The number of nitrogens with one attached hydrogen (secondary N) is 1. The Morgan fingerprint density at radius 3 is 2.70 bits per heavy atom. The van der Waals surface area contributed by atoms with E-state index >= 15 is 0 Å². The summed E-state index contributed by atoms with van der Waals surface area (Å²) in [5.74, 6) is -0.726. The molecule has 1 N–H and O–H groups in total. The number of alkyl halides is 3. The van der Waals surface area contributed by atoms with E-state index in [-0.39, 0.29) is 21.6 Å². The summed E-state index contributed by atoms with van der Waals surface area (Å²) in [6.45, 7) is 4.24. The van der Waals surface area contributed by atoms with E-state index in [0.29, 0.717) is 22.7 Å². The molecule has 2 heterocycles. The first-order chi connectivity index (χ1) is 15.7. The van der Waals surface area contributed by atoms with Crippen molar-refractivity contribution in [3.05, 3.63) is 64.7 Å². The molecule has 0 unspecified atom stereocenters. The SMILES string of the molecule is C=CCn1c2ccc(Cl)cc2c2nnc(SCC(=O)Nc3cc(C(F)(F)F)ccc3Cl)nc21. The Morgan fingerprint density at radius 1 is 1.18 bits per heavy atom. The molecule has 1 amide bonds. The maximum atomic E-state index is 12.9. The fraction of sp³-hybridized carbons (Fsp3) is 0.143. The molecule has 0 saturated heterocycles. The summed E-state index contributed by atoms with van der Waals surface area (Å²) in [5, 5.41) is 12.3. The second-order valence-corrected chi connectivity index (χ2v) is 8.64. The predicted molar refractivity (Wildman–Crippen MR) is 124 cm³/mol. The van der Waals surface area contributed by atoms with Gasteiger partial charge >= 0.3 is 6.18 Å². The lowest BCUT2D eigenvalue weighted by atomic mass is 10.2. The van der Waals surface area contributed by atoms with E-state index < -0.39 is 17.6 Å². The Balaban J connectivity index is 1.55. The topological polar surface area (TPSA) is 72.7 Å². The van der Waals surface area contributed by atoms with Gasteiger partial charge in [0.2, 0.25) is 11.1 Å². The van der Waals surface area contributed by atoms with Gasteiger partial charge in [0.15, 0.2) is 5.65 Å². The van der Waals surface area contributed by atoms with E-state index in [1.165, 1.54) is 0 Å². The molecule has 0 spiro atoms. The van der Waals surface area contributed by atoms with Crippen molar-refractivity contribution in [2.24, 2.45) is 0 Å². The monoisotopic (exact) mass is 511 g/mol. The van der Waals surface area contributed by atoms with Crippen molar-refractivity contribution in [1.82, 2.24) is 19.7 Å². The normalized spacial score (nSPS) is 11.8. The number of benzene rings is 2. The van der Waals surface area contributed by atoms with Crippen LogP contribution in [0.15, 0.2) is 54.2 Å². The predicted octanol–water partition coefficient (Wildman–Crippen LogP) is 6.22. The molecule has 0 atom stereocenters. The standard InChI is InChI=1S/C21H14Cl2F3N5OS/c1-2-7-31-16-6-4-12(22)9-13(16)18-19(31)28-20(30-29-18)33-10-17(32)27-15-8-11(21(24,25)26)3-5-14(15)23/h2-6,8-9H,1,7,10H2,(H,27,32). The minimum Gasteiger partial charge on any atom is -0.324 e. The molecule has 33 heavy (non-hydrogen) atoms. The molecule has 0 radical (unpaired) electrons. The average Bonchev–Trinajstić information content (AvgIpc) is 3.05. The van der Waals surface area contributed by atoms with Crippen LogP contribution in [0.3, 0.4) is 0 Å². The summed E-state index contributed by atoms with van der Waals surface area (Å²) in [7, 11) is 0. The van der Waals surface area contributed by atoms with Gasteiger partial charge in [-0.1, -0.05) is 41.0 Å². The highest BCUT2D eigenvalue weighted by Gasteiger charge is 2.31. The van der Waals surface area contributed by atoms with Crippen molar-refractivity contribution in [2.75, 3.05) is 11.1 Å².